The largest absolute Gasteiger partial charge is 0.396 e. The topological polar surface area (TPSA) is 98.2 Å². The Balaban J connectivity index is 0. The maximum absolute atomic E-state index is 12.7. The highest BCUT2D eigenvalue weighted by Gasteiger charge is 2.25. The van der Waals surface area contributed by atoms with Crippen LogP contribution in [0.5, 0.6) is 0 Å². The molecule has 0 aliphatic carbocycles. The molecule has 0 radical (unpaired) electrons. The van der Waals surface area contributed by atoms with Crippen LogP contribution in [0.2, 0.25) is 0 Å². The summed E-state index contributed by atoms with van der Waals surface area (Å²) in [7, 11) is -3.30. The molecule has 0 aliphatic rings. The molecule has 214 valence electrons. The van der Waals surface area contributed by atoms with E-state index in [1.165, 1.54) is 8.61 Å². The van der Waals surface area contributed by atoms with Crippen LogP contribution in [0.4, 0.5) is 0 Å². The summed E-state index contributed by atoms with van der Waals surface area (Å²) in [5, 5.41) is 9.09. The van der Waals surface area contributed by atoms with Crippen LogP contribution < -0.4 is 0 Å². The number of aliphatic hydroxyl groups is 1. The minimum absolute atomic E-state index is 0.00920. The van der Waals surface area contributed by atoms with E-state index in [0.29, 0.717) is 39.0 Å². The first-order valence-corrected chi connectivity index (χ1v) is 16.4. The Morgan fingerprint density at radius 1 is 0.629 bits per heavy atom. The van der Waals surface area contributed by atoms with Crippen molar-refractivity contribution in [1.29, 1.82) is 0 Å². The molecule has 35 heavy (non-hydrogen) atoms. The molecule has 0 fully saturated rings. The number of nitrogens with zero attached hydrogens (tertiary/aromatic N) is 3. The van der Waals surface area contributed by atoms with Gasteiger partial charge in [0, 0.05) is 52.4 Å². The van der Waals surface area contributed by atoms with Crippen molar-refractivity contribution >= 4 is 20.0 Å². The highest BCUT2D eigenvalue weighted by Crippen LogP contribution is 2.20. The Bertz CT molecular complexity index is 742. The summed E-state index contributed by atoms with van der Waals surface area (Å²) in [6, 6.07) is 0. The van der Waals surface area contributed by atoms with Crippen molar-refractivity contribution in [2.75, 3.05) is 58.4 Å². The number of aliphatic hydroxyl groups excluding tert-OH is 1. The molecular formula is C25H57N3O5S2. The summed E-state index contributed by atoms with van der Waals surface area (Å²) in [4.78, 5) is 2.10. The first-order valence-electron chi connectivity index (χ1n) is 13.2. The van der Waals surface area contributed by atoms with Gasteiger partial charge in [-0.1, -0.05) is 47.5 Å². The van der Waals surface area contributed by atoms with Crippen molar-refractivity contribution in [3.8, 4) is 0 Å². The van der Waals surface area contributed by atoms with E-state index < -0.39 is 20.0 Å². The van der Waals surface area contributed by atoms with Crippen molar-refractivity contribution in [2.24, 2.45) is 5.41 Å². The van der Waals surface area contributed by atoms with E-state index in [4.69, 9.17) is 5.11 Å². The van der Waals surface area contributed by atoms with E-state index >= 15 is 0 Å². The number of sulfonamides is 2. The average Bonchev–Trinajstić information content (AvgIpc) is 2.74. The van der Waals surface area contributed by atoms with Crippen LogP contribution in [-0.4, -0.2) is 99.4 Å². The molecule has 0 amide bonds. The second-order valence-electron chi connectivity index (χ2n) is 11.2. The third-order valence-electron chi connectivity index (χ3n) is 5.91. The lowest BCUT2D eigenvalue weighted by Crippen LogP contribution is -2.46. The Hall–Kier alpha value is -0.260. The molecule has 0 saturated heterocycles. The van der Waals surface area contributed by atoms with E-state index in [0.717, 1.165) is 25.7 Å². The average molecular weight is 544 g/mol. The van der Waals surface area contributed by atoms with Crippen LogP contribution in [-0.2, 0) is 20.0 Å². The second-order valence-corrected chi connectivity index (χ2v) is 15.6. The molecule has 0 rings (SSSR count). The number of hydrogen-bond acceptors (Lipinski definition) is 6. The van der Waals surface area contributed by atoms with Crippen LogP contribution in [0, 0.1) is 5.41 Å². The van der Waals surface area contributed by atoms with Gasteiger partial charge in [-0.2, -0.15) is 0 Å². The first kappa shape index (κ1) is 36.9. The van der Waals surface area contributed by atoms with Gasteiger partial charge in [0.05, 0.1) is 11.5 Å². The van der Waals surface area contributed by atoms with Crippen LogP contribution >= 0.6 is 0 Å². The number of unbranched alkanes of at least 4 members (excludes halogenated alkanes) is 3. The quantitative estimate of drug-likeness (QED) is 0.278. The fraction of sp³-hybridized carbons (Fsp3) is 1.00. The van der Waals surface area contributed by atoms with Crippen molar-refractivity contribution in [1.82, 2.24) is 13.5 Å². The van der Waals surface area contributed by atoms with Crippen molar-refractivity contribution < 1.29 is 21.9 Å². The molecule has 0 spiro atoms. The van der Waals surface area contributed by atoms with Gasteiger partial charge in [-0.05, 0) is 51.9 Å². The minimum atomic E-state index is -3.34. The molecule has 0 saturated carbocycles. The summed E-state index contributed by atoms with van der Waals surface area (Å²) in [5.74, 6) is 0.228. The van der Waals surface area contributed by atoms with Crippen molar-refractivity contribution in [2.45, 2.75) is 99.5 Å². The van der Waals surface area contributed by atoms with Gasteiger partial charge >= 0.3 is 0 Å². The molecule has 10 heteroatoms. The minimum Gasteiger partial charge on any atom is -0.396 e. The molecule has 0 atom stereocenters. The van der Waals surface area contributed by atoms with E-state index in [-0.39, 0.29) is 29.1 Å². The molecule has 0 heterocycles. The maximum Gasteiger partial charge on any atom is 0.215 e. The smallest absolute Gasteiger partial charge is 0.215 e. The third-order valence-corrected chi connectivity index (χ3v) is 9.59. The van der Waals surface area contributed by atoms with Gasteiger partial charge in [0.1, 0.15) is 0 Å². The van der Waals surface area contributed by atoms with Crippen molar-refractivity contribution in [3.63, 3.8) is 0 Å². The Morgan fingerprint density at radius 2 is 1.06 bits per heavy atom. The summed E-state index contributed by atoms with van der Waals surface area (Å²) in [5.41, 5.74) is -0.165. The van der Waals surface area contributed by atoms with Crippen LogP contribution in [0.3, 0.4) is 0 Å². The summed E-state index contributed by atoms with van der Waals surface area (Å²) < 4.78 is 52.9. The van der Waals surface area contributed by atoms with Gasteiger partial charge < -0.3 is 5.11 Å². The standard InChI is InChI=1S/C23H51N3O5S2.C2H6/c1-22(2,3)14-20-32(28,29)24(7)15-11-9-10-12-16-25(8)33(30,31)21-18-26(17-13-19-27)23(4,5)6;1-2/h27H,9-21H2,1-8H3;1-2H3. The summed E-state index contributed by atoms with van der Waals surface area (Å²) in [6.45, 7) is 18.4. The highest BCUT2D eigenvalue weighted by molar-refractivity contribution is 7.89. The predicted octanol–water partition coefficient (Wildman–Crippen LogP) is 4.02. The molecule has 0 bridgehead atoms. The van der Waals surface area contributed by atoms with Gasteiger partial charge in [-0.3, -0.25) is 4.90 Å². The van der Waals surface area contributed by atoms with E-state index in [9.17, 15) is 16.8 Å². The molecule has 0 aromatic rings. The number of hydrogen-bond donors (Lipinski definition) is 1. The first-order chi connectivity index (χ1) is 15.9. The van der Waals surface area contributed by atoms with Crippen LogP contribution in [0.25, 0.3) is 0 Å². The second kappa shape index (κ2) is 17.3. The highest BCUT2D eigenvalue weighted by atomic mass is 32.2. The molecular weight excluding hydrogens is 486 g/mol. The fourth-order valence-corrected chi connectivity index (χ4v) is 6.08. The van der Waals surface area contributed by atoms with E-state index in [1.54, 1.807) is 14.1 Å². The predicted molar refractivity (Wildman–Crippen MR) is 150 cm³/mol. The van der Waals surface area contributed by atoms with Crippen LogP contribution in [0.15, 0.2) is 0 Å². The summed E-state index contributed by atoms with van der Waals surface area (Å²) >= 11 is 0. The normalized spacial score (nSPS) is 13.4. The lowest BCUT2D eigenvalue weighted by Gasteiger charge is -2.35. The molecule has 8 nitrogen and oxygen atoms in total. The van der Waals surface area contributed by atoms with E-state index in [1.807, 2.05) is 55.4 Å². The number of rotatable bonds is 17. The van der Waals surface area contributed by atoms with Gasteiger partial charge in [0.2, 0.25) is 20.0 Å². The maximum atomic E-state index is 12.7. The Labute approximate surface area is 218 Å². The Morgan fingerprint density at radius 3 is 1.43 bits per heavy atom. The van der Waals surface area contributed by atoms with E-state index in [2.05, 4.69) is 4.90 Å². The molecule has 0 aromatic carbocycles. The lowest BCUT2D eigenvalue weighted by atomic mass is 9.94. The zero-order valence-corrected chi connectivity index (χ0v) is 26.1. The van der Waals surface area contributed by atoms with Gasteiger partial charge in [-0.25, -0.2) is 25.4 Å². The third kappa shape index (κ3) is 17.8. The molecule has 0 unspecified atom stereocenters. The zero-order valence-electron chi connectivity index (χ0n) is 24.4. The van der Waals surface area contributed by atoms with Gasteiger partial charge in [-0.15, -0.1) is 0 Å². The summed E-state index contributed by atoms with van der Waals surface area (Å²) in [6.07, 6.45) is 4.51. The van der Waals surface area contributed by atoms with Crippen molar-refractivity contribution in [3.05, 3.63) is 0 Å². The molecule has 1 N–H and O–H groups in total. The zero-order chi connectivity index (χ0) is 27.9. The monoisotopic (exact) mass is 543 g/mol. The fourth-order valence-electron chi connectivity index (χ4n) is 3.32. The molecule has 0 aliphatic heterocycles. The molecule has 0 aromatic heterocycles. The SMILES string of the molecule is CC.CN(CCCCCCN(C)S(=O)(=O)CCC(C)(C)C)S(=O)(=O)CCN(CCCO)C(C)(C)C. The van der Waals surface area contributed by atoms with Crippen LogP contribution in [0.1, 0.15) is 93.9 Å². The lowest BCUT2D eigenvalue weighted by molar-refractivity contribution is 0.131. The van der Waals surface area contributed by atoms with Gasteiger partial charge in [0.15, 0.2) is 0 Å². The van der Waals surface area contributed by atoms with Gasteiger partial charge in [0.25, 0.3) is 0 Å². The Kier molecular flexibility index (Phi) is 18.2.